The van der Waals surface area contributed by atoms with Crippen LogP contribution in [-0.2, 0) is 25.5 Å². The summed E-state index contributed by atoms with van der Waals surface area (Å²) in [7, 11) is 0. The van der Waals surface area contributed by atoms with E-state index >= 15 is 0 Å². The van der Waals surface area contributed by atoms with E-state index in [-0.39, 0.29) is 55.8 Å². The molecule has 39 heavy (non-hydrogen) atoms. The molecule has 1 heterocycles. The number of ketones is 2. The van der Waals surface area contributed by atoms with Gasteiger partial charge in [0.2, 0.25) is 5.78 Å². The van der Waals surface area contributed by atoms with Gasteiger partial charge in [-0.1, -0.05) is 6.07 Å². The van der Waals surface area contributed by atoms with Crippen LogP contribution >= 0.6 is 0 Å². The Morgan fingerprint density at radius 2 is 1.82 bits per heavy atom. The van der Waals surface area contributed by atoms with Gasteiger partial charge in [0.05, 0.1) is 30.7 Å². The van der Waals surface area contributed by atoms with Crippen molar-refractivity contribution in [2.24, 2.45) is 17.6 Å². The van der Waals surface area contributed by atoms with E-state index in [4.69, 9.17) is 10.5 Å². The standard InChI is InChI=1S/C26H27F3N2O8/c1-10(26(27,28)29)12-2-3-15(32)17-13(12)8-11-9-14-19(31-4-6-39-7-5-31)21(34)18(24(30)37)23(36)25(14,38)22(35)16(11)20(17)33/h2-3,10-11,14,19,32-33,36,38H,4-9H2,1H3,(H2,30,37). The highest BCUT2D eigenvalue weighted by Crippen LogP contribution is 2.54. The van der Waals surface area contributed by atoms with E-state index in [1.807, 2.05) is 0 Å². The molecule has 210 valence electrons. The molecule has 4 aliphatic rings. The fraction of sp³-hybridized carbons (Fsp3) is 0.500. The number of Topliss-reactive ketones (excluding diaryl/α,β-unsaturated/α-hetero) is 2. The van der Waals surface area contributed by atoms with E-state index in [1.54, 1.807) is 4.90 Å². The zero-order valence-corrected chi connectivity index (χ0v) is 20.8. The number of carbonyl (C=O) groups is 3. The number of aromatic hydroxyl groups is 1. The van der Waals surface area contributed by atoms with Gasteiger partial charge in [-0.2, -0.15) is 13.2 Å². The second kappa shape index (κ2) is 9.07. The zero-order chi connectivity index (χ0) is 28.6. The van der Waals surface area contributed by atoms with E-state index in [1.165, 1.54) is 0 Å². The molecule has 0 radical (unpaired) electrons. The van der Waals surface area contributed by atoms with Gasteiger partial charge in [-0.15, -0.1) is 0 Å². The Labute approximate surface area is 220 Å². The lowest BCUT2D eigenvalue weighted by molar-refractivity contribution is -0.157. The van der Waals surface area contributed by atoms with Crippen LogP contribution in [0.5, 0.6) is 5.75 Å². The second-order valence-corrected chi connectivity index (χ2v) is 10.4. The third-order valence-corrected chi connectivity index (χ3v) is 8.48. The molecule has 0 spiro atoms. The summed E-state index contributed by atoms with van der Waals surface area (Å²) in [6.45, 7) is 1.77. The minimum Gasteiger partial charge on any atom is -0.508 e. The number of phenolic OH excluding ortho intramolecular Hbond substituents is 1. The minimum atomic E-state index is -4.63. The number of morpholine rings is 1. The Hall–Kier alpha value is -3.42. The van der Waals surface area contributed by atoms with Crippen LogP contribution in [-0.4, -0.2) is 86.9 Å². The first kappa shape index (κ1) is 27.2. The number of alkyl halides is 3. The van der Waals surface area contributed by atoms with Crippen molar-refractivity contribution < 1.29 is 52.7 Å². The Morgan fingerprint density at radius 3 is 2.41 bits per heavy atom. The number of halogens is 3. The van der Waals surface area contributed by atoms with Crippen molar-refractivity contribution in [1.82, 2.24) is 4.90 Å². The molecule has 0 bridgehead atoms. The molecule has 1 aliphatic heterocycles. The van der Waals surface area contributed by atoms with Crippen LogP contribution in [0.3, 0.4) is 0 Å². The second-order valence-electron chi connectivity index (χ2n) is 10.4. The largest absolute Gasteiger partial charge is 0.508 e. The molecule has 10 nitrogen and oxygen atoms in total. The summed E-state index contributed by atoms with van der Waals surface area (Å²) in [5.74, 6) is -10.3. The maximum atomic E-state index is 13.9. The Morgan fingerprint density at radius 1 is 1.18 bits per heavy atom. The highest BCUT2D eigenvalue weighted by Gasteiger charge is 2.64. The van der Waals surface area contributed by atoms with Crippen LogP contribution < -0.4 is 5.73 Å². The molecule has 0 aromatic heterocycles. The first-order valence-electron chi connectivity index (χ1n) is 12.4. The molecule has 3 aliphatic carbocycles. The Balaban J connectivity index is 1.71. The maximum absolute atomic E-state index is 13.9. The number of phenols is 1. The average Bonchev–Trinajstić information content (AvgIpc) is 2.86. The number of hydrogen-bond donors (Lipinski definition) is 5. The molecular formula is C26H27F3N2O8. The number of primary amides is 1. The van der Waals surface area contributed by atoms with Gasteiger partial charge in [-0.05, 0) is 42.9 Å². The number of rotatable bonds is 3. The summed E-state index contributed by atoms with van der Waals surface area (Å²) in [4.78, 5) is 41.2. The van der Waals surface area contributed by atoms with E-state index in [0.29, 0.717) is 0 Å². The molecule has 5 unspecified atom stereocenters. The average molecular weight is 553 g/mol. The van der Waals surface area contributed by atoms with E-state index in [9.17, 15) is 48.0 Å². The number of carbonyl (C=O) groups excluding carboxylic acids is 3. The van der Waals surface area contributed by atoms with Crippen molar-refractivity contribution in [3.8, 4) is 5.75 Å². The number of amides is 1. The maximum Gasteiger partial charge on any atom is 0.395 e. The first-order valence-corrected chi connectivity index (χ1v) is 12.4. The minimum absolute atomic E-state index is 0.00744. The number of ether oxygens (including phenoxy) is 1. The molecule has 1 saturated carbocycles. The lowest BCUT2D eigenvalue weighted by Gasteiger charge is -2.51. The van der Waals surface area contributed by atoms with Crippen LogP contribution in [0, 0.1) is 11.8 Å². The van der Waals surface area contributed by atoms with Crippen LogP contribution in [0.25, 0.3) is 5.76 Å². The zero-order valence-electron chi connectivity index (χ0n) is 20.8. The fourth-order valence-electron chi connectivity index (χ4n) is 6.53. The molecule has 1 saturated heterocycles. The molecule has 2 fully saturated rings. The van der Waals surface area contributed by atoms with Gasteiger partial charge in [0, 0.05) is 24.6 Å². The molecular weight excluding hydrogens is 525 g/mol. The molecule has 1 amide bonds. The third kappa shape index (κ3) is 3.85. The van der Waals surface area contributed by atoms with Gasteiger partial charge in [0.25, 0.3) is 5.91 Å². The van der Waals surface area contributed by atoms with Crippen molar-refractivity contribution in [3.05, 3.63) is 45.7 Å². The number of benzene rings is 1. The number of nitrogens with two attached hydrogens (primary N) is 1. The lowest BCUT2D eigenvalue weighted by Crippen LogP contribution is -2.67. The predicted octanol–water partition coefficient (Wildman–Crippen LogP) is 1.40. The van der Waals surface area contributed by atoms with Crippen molar-refractivity contribution in [2.75, 3.05) is 26.3 Å². The molecule has 1 aromatic rings. The van der Waals surface area contributed by atoms with Crippen molar-refractivity contribution in [1.29, 1.82) is 0 Å². The predicted molar refractivity (Wildman–Crippen MR) is 127 cm³/mol. The number of fused-ring (bicyclic) bond motifs is 3. The monoisotopic (exact) mass is 552 g/mol. The van der Waals surface area contributed by atoms with E-state index in [2.05, 4.69) is 0 Å². The Kier molecular flexibility index (Phi) is 6.31. The molecule has 1 aromatic carbocycles. The van der Waals surface area contributed by atoms with Gasteiger partial charge < -0.3 is 30.9 Å². The lowest BCUT2D eigenvalue weighted by atomic mass is 9.57. The summed E-state index contributed by atoms with van der Waals surface area (Å²) < 4.78 is 46.3. The summed E-state index contributed by atoms with van der Waals surface area (Å²) in [5.41, 5.74) is 0.601. The number of aliphatic hydroxyl groups is 3. The highest BCUT2D eigenvalue weighted by molar-refractivity contribution is 6.24. The third-order valence-electron chi connectivity index (χ3n) is 8.48. The molecule has 5 rings (SSSR count). The Bertz CT molecular complexity index is 1350. The summed E-state index contributed by atoms with van der Waals surface area (Å²) in [5, 5.41) is 44.4. The fourth-order valence-corrected chi connectivity index (χ4v) is 6.53. The van der Waals surface area contributed by atoms with Crippen molar-refractivity contribution >= 4 is 23.2 Å². The van der Waals surface area contributed by atoms with Crippen LogP contribution in [0.4, 0.5) is 13.2 Å². The first-order chi connectivity index (χ1) is 18.2. The quantitative estimate of drug-likeness (QED) is 0.348. The molecule has 6 N–H and O–H groups in total. The number of aliphatic hydroxyl groups excluding tert-OH is 2. The summed E-state index contributed by atoms with van der Waals surface area (Å²) in [6, 6.07) is 0.818. The van der Waals surface area contributed by atoms with Gasteiger partial charge in [-0.25, -0.2) is 0 Å². The molecule has 13 heteroatoms. The smallest absolute Gasteiger partial charge is 0.395 e. The summed E-state index contributed by atoms with van der Waals surface area (Å²) >= 11 is 0. The summed E-state index contributed by atoms with van der Waals surface area (Å²) in [6.07, 6.45) is -5.05. The molecule has 5 atom stereocenters. The SMILES string of the molecule is CC(c1ccc(O)c2c1CC1CC3C(N4CCOCC4)C(=O)C(C(N)=O)=C(O)C3(O)C(=O)C1=C2O)C(F)(F)F. The van der Waals surface area contributed by atoms with Gasteiger partial charge in [0.1, 0.15) is 22.8 Å². The van der Waals surface area contributed by atoms with Crippen LogP contribution in [0.15, 0.2) is 29.0 Å². The van der Waals surface area contributed by atoms with Crippen LogP contribution in [0.1, 0.15) is 36.0 Å². The normalized spacial score (nSPS) is 30.5. The highest BCUT2D eigenvalue weighted by atomic mass is 19.4. The number of nitrogens with zero attached hydrogens (tertiary/aromatic N) is 1. The van der Waals surface area contributed by atoms with Crippen molar-refractivity contribution in [2.45, 2.75) is 43.5 Å². The van der Waals surface area contributed by atoms with Gasteiger partial charge in [0.15, 0.2) is 11.4 Å². The van der Waals surface area contributed by atoms with E-state index in [0.717, 1.165) is 19.1 Å². The topological polar surface area (TPSA) is 171 Å². The van der Waals surface area contributed by atoms with Crippen LogP contribution in [0.2, 0.25) is 0 Å². The van der Waals surface area contributed by atoms with Gasteiger partial charge in [-0.3, -0.25) is 19.3 Å². The van der Waals surface area contributed by atoms with E-state index < -0.39 is 81.5 Å². The van der Waals surface area contributed by atoms with Gasteiger partial charge >= 0.3 is 6.18 Å². The number of hydrogen-bond acceptors (Lipinski definition) is 9. The van der Waals surface area contributed by atoms with Crippen molar-refractivity contribution in [3.63, 3.8) is 0 Å².